The van der Waals surface area contributed by atoms with Crippen LogP contribution in [0.5, 0.6) is 0 Å². The van der Waals surface area contributed by atoms with Gasteiger partial charge in [-0.3, -0.25) is 0 Å². The van der Waals surface area contributed by atoms with Gasteiger partial charge >= 0.3 is 0 Å². The quantitative estimate of drug-likeness (QED) is 0.917. The molecule has 2 aromatic rings. The van der Waals surface area contributed by atoms with E-state index >= 15 is 0 Å². The van der Waals surface area contributed by atoms with Crippen molar-refractivity contribution in [2.45, 2.75) is 6.10 Å². The molecule has 0 aromatic carbocycles. The van der Waals surface area contributed by atoms with Gasteiger partial charge in [-0.2, -0.15) is 11.3 Å². The first-order valence-corrected chi connectivity index (χ1v) is 6.62. The first-order valence-electron chi connectivity index (χ1n) is 3.69. The van der Waals surface area contributed by atoms with Crippen LogP contribution in [-0.4, -0.2) is 10.1 Å². The van der Waals surface area contributed by atoms with Gasteiger partial charge in [0.25, 0.3) is 0 Å². The van der Waals surface area contributed by atoms with Gasteiger partial charge in [-0.25, -0.2) is 4.98 Å². The fraction of sp³-hybridized carbons (Fsp3) is 0.125. The van der Waals surface area contributed by atoms with Crippen LogP contribution in [0.2, 0.25) is 4.34 Å². The molecule has 0 aliphatic carbocycles. The summed E-state index contributed by atoms with van der Waals surface area (Å²) in [6.45, 7) is 0. The Labute approximate surface area is 102 Å². The standard InChI is InChI=1S/C8H5BrClNOS2/c9-5-3-13-2-4(5)7(12)8-11-1-6(10)14-8/h1-3,7,12H. The molecule has 2 rings (SSSR count). The third-order valence-electron chi connectivity index (χ3n) is 1.67. The van der Waals surface area contributed by atoms with Crippen LogP contribution < -0.4 is 0 Å². The number of hydrogen-bond acceptors (Lipinski definition) is 4. The van der Waals surface area contributed by atoms with Gasteiger partial charge in [-0.1, -0.05) is 11.6 Å². The molecule has 0 aliphatic heterocycles. The van der Waals surface area contributed by atoms with E-state index in [4.69, 9.17) is 11.6 Å². The lowest BCUT2D eigenvalue weighted by Crippen LogP contribution is -1.97. The number of aromatic nitrogens is 1. The fourth-order valence-corrected chi connectivity index (χ4v) is 3.48. The molecule has 6 heteroatoms. The molecule has 0 spiro atoms. The first-order chi connectivity index (χ1) is 6.68. The maximum atomic E-state index is 9.94. The Balaban J connectivity index is 2.33. The molecule has 2 heterocycles. The van der Waals surface area contributed by atoms with Crippen LogP contribution in [0.3, 0.4) is 0 Å². The number of aliphatic hydroxyl groups excluding tert-OH is 1. The Kier molecular flexibility index (Phi) is 3.23. The summed E-state index contributed by atoms with van der Waals surface area (Å²) in [6.07, 6.45) is 0.860. The van der Waals surface area contributed by atoms with Gasteiger partial charge in [0.2, 0.25) is 0 Å². The summed E-state index contributed by atoms with van der Waals surface area (Å²) in [7, 11) is 0. The molecule has 1 unspecified atom stereocenters. The molecule has 0 amide bonds. The summed E-state index contributed by atoms with van der Waals surface area (Å²) in [6, 6.07) is 0. The lowest BCUT2D eigenvalue weighted by Gasteiger charge is -2.05. The topological polar surface area (TPSA) is 33.1 Å². The van der Waals surface area contributed by atoms with Crippen LogP contribution in [-0.2, 0) is 0 Å². The minimum atomic E-state index is -0.687. The van der Waals surface area contributed by atoms with Crippen molar-refractivity contribution < 1.29 is 5.11 Å². The number of hydrogen-bond donors (Lipinski definition) is 1. The van der Waals surface area contributed by atoms with Gasteiger partial charge in [0, 0.05) is 15.4 Å². The van der Waals surface area contributed by atoms with Crippen LogP contribution >= 0.6 is 50.2 Å². The zero-order valence-corrected chi connectivity index (χ0v) is 10.8. The van der Waals surface area contributed by atoms with Crippen molar-refractivity contribution in [1.82, 2.24) is 4.98 Å². The van der Waals surface area contributed by atoms with Crippen molar-refractivity contribution in [3.8, 4) is 0 Å². The molecule has 2 aromatic heterocycles. The maximum absolute atomic E-state index is 9.94. The number of thiazole rings is 1. The Morgan fingerprint density at radius 3 is 2.79 bits per heavy atom. The lowest BCUT2D eigenvalue weighted by molar-refractivity contribution is 0.219. The van der Waals surface area contributed by atoms with Crippen molar-refractivity contribution in [3.05, 3.63) is 36.3 Å². The molecule has 0 radical (unpaired) electrons. The SMILES string of the molecule is OC(c1ncc(Cl)s1)c1cscc1Br. The second kappa shape index (κ2) is 4.28. The van der Waals surface area contributed by atoms with E-state index in [0.29, 0.717) is 9.34 Å². The van der Waals surface area contributed by atoms with E-state index < -0.39 is 6.10 Å². The zero-order chi connectivity index (χ0) is 10.1. The Morgan fingerprint density at radius 1 is 1.50 bits per heavy atom. The third kappa shape index (κ3) is 2.01. The molecule has 0 saturated heterocycles. The molecular weight excluding hydrogens is 306 g/mol. The second-order valence-electron chi connectivity index (χ2n) is 2.58. The minimum Gasteiger partial charge on any atom is -0.381 e. The smallest absolute Gasteiger partial charge is 0.132 e. The highest BCUT2D eigenvalue weighted by Crippen LogP contribution is 2.34. The summed E-state index contributed by atoms with van der Waals surface area (Å²) >= 11 is 11.9. The average Bonchev–Trinajstić information content (AvgIpc) is 2.73. The van der Waals surface area contributed by atoms with Crippen LogP contribution in [0.4, 0.5) is 0 Å². The number of rotatable bonds is 2. The van der Waals surface area contributed by atoms with E-state index in [1.54, 1.807) is 6.20 Å². The van der Waals surface area contributed by atoms with Crippen molar-refractivity contribution in [3.63, 3.8) is 0 Å². The van der Waals surface area contributed by atoms with E-state index in [1.165, 1.54) is 22.7 Å². The van der Waals surface area contributed by atoms with Crippen molar-refractivity contribution in [2.75, 3.05) is 0 Å². The predicted molar refractivity (Wildman–Crippen MR) is 63.2 cm³/mol. The predicted octanol–water partition coefficient (Wildman–Crippen LogP) is 3.70. The van der Waals surface area contributed by atoms with Gasteiger partial charge < -0.3 is 5.11 Å². The molecule has 0 saturated carbocycles. The Morgan fingerprint density at radius 2 is 2.29 bits per heavy atom. The molecule has 0 fully saturated rings. The summed E-state index contributed by atoms with van der Waals surface area (Å²) in [5.41, 5.74) is 0.834. The van der Waals surface area contributed by atoms with Gasteiger partial charge in [0.1, 0.15) is 15.4 Å². The third-order valence-corrected chi connectivity index (χ3v) is 4.59. The first kappa shape index (κ1) is 10.6. The van der Waals surface area contributed by atoms with Crippen molar-refractivity contribution >= 4 is 50.2 Å². The maximum Gasteiger partial charge on any atom is 0.132 e. The van der Waals surface area contributed by atoms with Crippen molar-refractivity contribution in [2.24, 2.45) is 0 Å². The Bertz CT molecular complexity index is 442. The van der Waals surface area contributed by atoms with E-state index in [0.717, 1.165) is 10.0 Å². The number of aliphatic hydroxyl groups is 1. The molecule has 74 valence electrons. The van der Waals surface area contributed by atoms with Crippen LogP contribution in [0.1, 0.15) is 16.7 Å². The van der Waals surface area contributed by atoms with Crippen LogP contribution in [0.15, 0.2) is 21.4 Å². The summed E-state index contributed by atoms with van der Waals surface area (Å²) < 4.78 is 1.49. The lowest BCUT2D eigenvalue weighted by atomic mass is 10.2. The van der Waals surface area contributed by atoms with E-state index in [-0.39, 0.29) is 0 Å². The second-order valence-corrected chi connectivity index (χ2v) is 5.87. The average molecular weight is 311 g/mol. The van der Waals surface area contributed by atoms with Gasteiger partial charge in [-0.05, 0) is 21.3 Å². The summed E-state index contributed by atoms with van der Waals surface area (Å²) in [5.74, 6) is 0. The molecule has 0 aliphatic rings. The number of thiophene rings is 1. The van der Waals surface area contributed by atoms with E-state index in [2.05, 4.69) is 20.9 Å². The normalized spacial score (nSPS) is 13.1. The van der Waals surface area contributed by atoms with Gasteiger partial charge in [-0.15, -0.1) is 11.3 Å². The van der Waals surface area contributed by atoms with Crippen LogP contribution in [0, 0.1) is 0 Å². The largest absolute Gasteiger partial charge is 0.381 e. The molecule has 1 N–H and O–H groups in total. The van der Waals surface area contributed by atoms with Crippen molar-refractivity contribution in [1.29, 1.82) is 0 Å². The number of halogens is 2. The van der Waals surface area contributed by atoms with Gasteiger partial charge in [0.05, 0.1) is 6.20 Å². The molecule has 0 bridgehead atoms. The van der Waals surface area contributed by atoms with Crippen LogP contribution in [0.25, 0.3) is 0 Å². The number of nitrogens with zero attached hydrogens (tertiary/aromatic N) is 1. The molecule has 1 atom stereocenters. The highest BCUT2D eigenvalue weighted by Gasteiger charge is 2.17. The Hall–Kier alpha value is 0.0600. The summed E-state index contributed by atoms with van der Waals surface area (Å²) in [5, 5.41) is 14.4. The molecular formula is C8H5BrClNOS2. The fourth-order valence-electron chi connectivity index (χ4n) is 1.01. The minimum absolute atomic E-state index is 0.588. The highest BCUT2D eigenvalue weighted by atomic mass is 79.9. The molecule has 14 heavy (non-hydrogen) atoms. The molecule has 2 nitrogen and oxygen atoms in total. The highest BCUT2D eigenvalue weighted by molar-refractivity contribution is 9.10. The summed E-state index contributed by atoms with van der Waals surface area (Å²) in [4.78, 5) is 4.03. The zero-order valence-electron chi connectivity index (χ0n) is 6.78. The van der Waals surface area contributed by atoms with E-state index in [9.17, 15) is 5.11 Å². The van der Waals surface area contributed by atoms with Gasteiger partial charge in [0.15, 0.2) is 0 Å². The monoisotopic (exact) mass is 309 g/mol. The van der Waals surface area contributed by atoms with E-state index in [1.807, 2.05) is 10.8 Å².